The van der Waals surface area contributed by atoms with E-state index in [-0.39, 0.29) is 17.8 Å². The molecular weight excluding hydrogens is 234 g/mol. The molecule has 0 saturated heterocycles. The molecule has 2 unspecified atom stereocenters. The van der Waals surface area contributed by atoms with Gasteiger partial charge in [-0.25, -0.2) is 9.78 Å². The number of likely N-dealkylation sites (N-methyl/N-ethyl adjacent to an activating group) is 1. The number of hydrogen-bond acceptors (Lipinski definition) is 5. The van der Waals surface area contributed by atoms with E-state index in [2.05, 4.69) is 9.97 Å². The molecule has 18 heavy (non-hydrogen) atoms. The van der Waals surface area contributed by atoms with Gasteiger partial charge in [-0.1, -0.05) is 12.8 Å². The predicted molar refractivity (Wildman–Crippen MR) is 65.7 cm³/mol. The van der Waals surface area contributed by atoms with Crippen molar-refractivity contribution in [1.82, 2.24) is 9.97 Å². The molecule has 2 N–H and O–H groups in total. The monoisotopic (exact) mass is 251 g/mol. The van der Waals surface area contributed by atoms with E-state index in [1.54, 1.807) is 0 Å². The Labute approximate surface area is 105 Å². The van der Waals surface area contributed by atoms with Crippen molar-refractivity contribution in [3.8, 4) is 0 Å². The number of hydrogen-bond donors (Lipinski definition) is 2. The highest BCUT2D eigenvalue weighted by Crippen LogP contribution is 2.25. The highest BCUT2D eigenvalue weighted by molar-refractivity contribution is 5.85. The van der Waals surface area contributed by atoms with Crippen LogP contribution >= 0.6 is 0 Å². The summed E-state index contributed by atoms with van der Waals surface area (Å²) in [6.45, 7) is 0. The normalized spacial score (nSPS) is 23.7. The van der Waals surface area contributed by atoms with Gasteiger partial charge >= 0.3 is 5.97 Å². The highest BCUT2D eigenvalue weighted by Gasteiger charge is 2.27. The Morgan fingerprint density at radius 1 is 1.39 bits per heavy atom. The van der Waals surface area contributed by atoms with Crippen LogP contribution in [0.1, 0.15) is 36.2 Å². The van der Waals surface area contributed by atoms with Crippen molar-refractivity contribution in [3.05, 3.63) is 18.1 Å². The Morgan fingerprint density at radius 3 is 2.78 bits per heavy atom. The standard InChI is InChI=1S/C12H17N3O3/c1-15(9-4-2-3-5-10(9)16)11-7-13-6-8(14-11)12(17)18/h6-7,9-10,16H,2-5H2,1H3,(H,17,18). The van der Waals surface area contributed by atoms with Gasteiger partial charge in [0, 0.05) is 7.05 Å². The summed E-state index contributed by atoms with van der Waals surface area (Å²) in [6.07, 6.45) is 6.12. The first-order valence-electron chi connectivity index (χ1n) is 6.06. The molecule has 1 aliphatic carbocycles. The van der Waals surface area contributed by atoms with Gasteiger partial charge < -0.3 is 15.1 Å². The van der Waals surface area contributed by atoms with E-state index in [9.17, 15) is 9.90 Å². The number of aromatic nitrogens is 2. The van der Waals surface area contributed by atoms with Gasteiger partial charge in [-0.05, 0) is 12.8 Å². The van der Waals surface area contributed by atoms with Crippen molar-refractivity contribution in [2.75, 3.05) is 11.9 Å². The van der Waals surface area contributed by atoms with Crippen molar-refractivity contribution in [3.63, 3.8) is 0 Å². The lowest BCUT2D eigenvalue weighted by molar-refractivity contribution is 0.0690. The summed E-state index contributed by atoms with van der Waals surface area (Å²) in [5.41, 5.74) is -0.0790. The molecule has 0 bridgehead atoms. The third-order valence-corrected chi connectivity index (χ3v) is 3.39. The van der Waals surface area contributed by atoms with E-state index in [1.165, 1.54) is 12.4 Å². The van der Waals surface area contributed by atoms with Gasteiger partial charge in [0.25, 0.3) is 0 Å². The number of aliphatic hydroxyl groups is 1. The van der Waals surface area contributed by atoms with Crippen LogP contribution < -0.4 is 4.90 Å². The minimum atomic E-state index is -1.10. The fraction of sp³-hybridized carbons (Fsp3) is 0.583. The molecule has 0 aromatic carbocycles. The Morgan fingerprint density at radius 2 is 2.11 bits per heavy atom. The summed E-state index contributed by atoms with van der Waals surface area (Å²) >= 11 is 0. The first-order valence-corrected chi connectivity index (χ1v) is 6.06. The molecule has 1 aliphatic rings. The molecule has 1 saturated carbocycles. The molecule has 1 fully saturated rings. The third kappa shape index (κ3) is 2.59. The molecule has 1 heterocycles. The summed E-state index contributed by atoms with van der Waals surface area (Å²) in [5, 5.41) is 18.9. The average molecular weight is 251 g/mol. The van der Waals surface area contributed by atoms with E-state index < -0.39 is 5.97 Å². The molecule has 0 aliphatic heterocycles. The molecule has 0 radical (unpaired) electrons. The first kappa shape index (κ1) is 12.8. The Balaban J connectivity index is 2.19. The summed E-state index contributed by atoms with van der Waals surface area (Å²) in [7, 11) is 1.81. The summed E-state index contributed by atoms with van der Waals surface area (Å²) in [6, 6.07) is -0.0166. The van der Waals surface area contributed by atoms with E-state index in [1.807, 2.05) is 11.9 Å². The first-order chi connectivity index (χ1) is 8.59. The van der Waals surface area contributed by atoms with Crippen LogP contribution in [-0.2, 0) is 0 Å². The van der Waals surface area contributed by atoms with Crippen molar-refractivity contribution >= 4 is 11.8 Å². The van der Waals surface area contributed by atoms with E-state index in [0.29, 0.717) is 5.82 Å². The minimum absolute atomic E-state index is 0.0166. The number of anilines is 1. The zero-order valence-electron chi connectivity index (χ0n) is 10.3. The molecule has 2 atom stereocenters. The second-order valence-corrected chi connectivity index (χ2v) is 4.60. The zero-order chi connectivity index (χ0) is 13.1. The van der Waals surface area contributed by atoms with Gasteiger partial charge in [0.1, 0.15) is 5.82 Å². The Hall–Kier alpha value is -1.69. The highest BCUT2D eigenvalue weighted by atomic mass is 16.4. The van der Waals surface area contributed by atoms with E-state index in [0.717, 1.165) is 25.7 Å². The van der Waals surface area contributed by atoms with Gasteiger partial charge in [-0.2, -0.15) is 0 Å². The molecular formula is C12H17N3O3. The zero-order valence-corrected chi connectivity index (χ0v) is 10.3. The summed E-state index contributed by atoms with van der Waals surface area (Å²) in [4.78, 5) is 20.6. The van der Waals surface area contributed by atoms with Gasteiger partial charge in [0.2, 0.25) is 0 Å². The maximum Gasteiger partial charge on any atom is 0.356 e. The SMILES string of the molecule is CN(c1cncc(C(=O)O)n1)C1CCCCC1O. The number of carbonyl (C=O) groups is 1. The number of nitrogens with zero attached hydrogens (tertiary/aromatic N) is 3. The minimum Gasteiger partial charge on any atom is -0.476 e. The van der Waals surface area contributed by atoms with Crippen LogP contribution in [-0.4, -0.2) is 45.3 Å². The molecule has 6 heteroatoms. The lowest BCUT2D eigenvalue weighted by Gasteiger charge is -2.35. The van der Waals surface area contributed by atoms with Crippen molar-refractivity contribution < 1.29 is 15.0 Å². The smallest absolute Gasteiger partial charge is 0.356 e. The Bertz CT molecular complexity index is 438. The topological polar surface area (TPSA) is 86.6 Å². The molecule has 0 spiro atoms. The Kier molecular flexibility index (Phi) is 3.76. The molecule has 1 aromatic rings. The third-order valence-electron chi connectivity index (χ3n) is 3.39. The number of aromatic carboxylic acids is 1. The van der Waals surface area contributed by atoms with Gasteiger partial charge in [-0.3, -0.25) is 4.98 Å². The fourth-order valence-electron chi connectivity index (χ4n) is 2.34. The van der Waals surface area contributed by atoms with Crippen LogP contribution in [0.15, 0.2) is 12.4 Å². The second-order valence-electron chi connectivity index (χ2n) is 4.60. The number of aliphatic hydroxyl groups excluding tert-OH is 1. The lowest BCUT2D eigenvalue weighted by atomic mass is 9.92. The number of rotatable bonds is 3. The number of carboxylic acid groups (broad SMARTS) is 1. The van der Waals surface area contributed by atoms with E-state index >= 15 is 0 Å². The van der Waals surface area contributed by atoms with Crippen LogP contribution in [0.2, 0.25) is 0 Å². The summed E-state index contributed by atoms with van der Waals surface area (Å²) < 4.78 is 0. The lowest BCUT2D eigenvalue weighted by Crippen LogP contribution is -2.44. The van der Waals surface area contributed by atoms with Crippen molar-refractivity contribution in [1.29, 1.82) is 0 Å². The van der Waals surface area contributed by atoms with Crippen LogP contribution in [0.5, 0.6) is 0 Å². The van der Waals surface area contributed by atoms with E-state index in [4.69, 9.17) is 5.11 Å². The summed E-state index contributed by atoms with van der Waals surface area (Å²) in [5.74, 6) is -0.609. The van der Waals surface area contributed by atoms with Crippen LogP contribution in [0.3, 0.4) is 0 Å². The second kappa shape index (κ2) is 5.30. The maximum atomic E-state index is 10.8. The largest absolute Gasteiger partial charge is 0.476 e. The molecule has 6 nitrogen and oxygen atoms in total. The fourth-order valence-corrected chi connectivity index (χ4v) is 2.34. The molecule has 2 rings (SSSR count). The molecule has 1 aromatic heterocycles. The molecule has 0 amide bonds. The van der Waals surface area contributed by atoms with Crippen molar-refractivity contribution in [2.45, 2.75) is 37.8 Å². The number of carboxylic acids is 1. The van der Waals surface area contributed by atoms with Crippen molar-refractivity contribution in [2.24, 2.45) is 0 Å². The van der Waals surface area contributed by atoms with Gasteiger partial charge in [0.05, 0.1) is 24.5 Å². The molecule has 98 valence electrons. The maximum absolute atomic E-state index is 10.8. The average Bonchev–Trinajstić information content (AvgIpc) is 2.38. The van der Waals surface area contributed by atoms with Crippen LogP contribution in [0.25, 0.3) is 0 Å². The van der Waals surface area contributed by atoms with Gasteiger partial charge in [-0.15, -0.1) is 0 Å². The predicted octanol–water partition coefficient (Wildman–Crippen LogP) is 0.914. The quantitative estimate of drug-likeness (QED) is 0.830. The van der Waals surface area contributed by atoms with Gasteiger partial charge in [0.15, 0.2) is 5.69 Å². The van der Waals surface area contributed by atoms with Crippen LogP contribution in [0.4, 0.5) is 5.82 Å². The van der Waals surface area contributed by atoms with Crippen LogP contribution in [0, 0.1) is 0 Å².